The van der Waals surface area contributed by atoms with Crippen LogP contribution in [0.4, 0.5) is 0 Å². The molecule has 0 aliphatic rings. The lowest BCUT2D eigenvalue weighted by Gasteiger charge is -2.14. The zero-order valence-electron chi connectivity index (χ0n) is 10.9. The maximum atomic E-state index is 5.67. The van der Waals surface area contributed by atoms with Gasteiger partial charge in [-0.05, 0) is 37.5 Å². The molecule has 0 aliphatic heterocycles. The number of rotatable bonds is 6. The van der Waals surface area contributed by atoms with Crippen LogP contribution in [0.15, 0.2) is 24.4 Å². The average molecular weight is 264 g/mol. The molecular weight excluding hydrogens is 244 g/mol. The number of hydrogen-bond acceptors (Lipinski definition) is 4. The second-order valence-electron chi connectivity index (χ2n) is 4.36. The highest BCUT2D eigenvalue weighted by molar-refractivity contribution is 7.12. The van der Waals surface area contributed by atoms with Crippen molar-refractivity contribution in [3.05, 3.63) is 39.8 Å². The third kappa shape index (κ3) is 2.98. The lowest BCUT2D eigenvalue weighted by atomic mass is 10.1. The molecule has 18 heavy (non-hydrogen) atoms. The minimum absolute atomic E-state index is 0.227. The van der Waals surface area contributed by atoms with E-state index < -0.39 is 0 Å². The highest BCUT2D eigenvalue weighted by Gasteiger charge is 2.13. The van der Waals surface area contributed by atoms with Gasteiger partial charge in [-0.25, -0.2) is 0 Å². The summed E-state index contributed by atoms with van der Waals surface area (Å²) in [7, 11) is 1.97. The van der Waals surface area contributed by atoms with Crippen molar-refractivity contribution in [3.63, 3.8) is 0 Å². The summed E-state index contributed by atoms with van der Waals surface area (Å²) in [6, 6.07) is 6.65. The molecule has 2 rings (SSSR count). The zero-order chi connectivity index (χ0) is 13.0. The molecule has 0 aliphatic carbocycles. The van der Waals surface area contributed by atoms with E-state index in [9.17, 15) is 0 Å². The van der Waals surface area contributed by atoms with Crippen molar-refractivity contribution >= 4 is 11.3 Å². The van der Waals surface area contributed by atoms with Gasteiger partial charge in [0.1, 0.15) is 0 Å². The van der Waals surface area contributed by atoms with Crippen molar-refractivity contribution < 1.29 is 0 Å². The van der Waals surface area contributed by atoms with Crippen LogP contribution in [-0.4, -0.2) is 9.78 Å². The maximum absolute atomic E-state index is 5.67. The van der Waals surface area contributed by atoms with E-state index in [0.717, 1.165) is 19.3 Å². The minimum Gasteiger partial charge on any atom is -0.273 e. The number of aryl methyl sites for hydroxylation is 3. The molecule has 0 spiro atoms. The first-order chi connectivity index (χ1) is 8.74. The summed E-state index contributed by atoms with van der Waals surface area (Å²) >= 11 is 1.84. The van der Waals surface area contributed by atoms with Gasteiger partial charge in [-0.1, -0.05) is 6.92 Å². The van der Waals surface area contributed by atoms with Crippen LogP contribution in [-0.2, 0) is 19.9 Å². The smallest absolute Gasteiger partial charge is 0.0557 e. The molecule has 1 atom stereocenters. The lowest BCUT2D eigenvalue weighted by molar-refractivity contribution is 0.514. The summed E-state index contributed by atoms with van der Waals surface area (Å²) < 4.78 is 1.92. The molecule has 0 radical (unpaired) electrons. The van der Waals surface area contributed by atoms with Crippen molar-refractivity contribution in [2.45, 2.75) is 32.2 Å². The van der Waals surface area contributed by atoms with Crippen LogP contribution in [0.2, 0.25) is 0 Å². The molecule has 0 saturated heterocycles. The molecule has 0 fully saturated rings. The molecule has 0 bridgehead atoms. The number of nitrogens with zero attached hydrogens (tertiary/aromatic N) is 2. The van der Waals surface area contributed by atoms with Crippen molar-refractivity contribution in [1.29, 1.82) is 0 Å². The van der Waals surface area contributed by atoms with Crippen LogP contribution in [0.3, 0.4) is 0 Å². The van der Waals surface area contributed by atoms with E-state index in [1.54, 1.807) is 0 Å². The zero-order valence-corrected chi connectivity index (χ0v) is 11.7. The standard InChI is InChI=1S/C13H20N4S/c1-3-11-5-7-13(18-11)12(16-14)6-4-10-8-9-15-17(10)2/h5,7-9,12,16H,3-4,6,14H2,1-2H3. The van der Waals surface area contributed by atoms with E-state index >= 15 is 0 Å². The Bertz CT molecular complexity index is 489. The van der Waals surface area contributed by atoms with E-state index in [2.05, 4.69) is 35.6 Å². The molecule has 98 valence electrons. The molecular formula is C13H20N4S. The molecule has 0 amide bonds. The van der Waals surface area contributed by atoms with Gasteiger partial charge in [-0.15, -0.1) is 11.3 Å². The SMILES string of the molecule is CCc1ccc(C(CCc2ccnn2C)NN)s1. The summed E-state index contributed by atoms with van der Waals surface area (Å²) in [5.74, 6) is 5.67. The highest BCUT2D eigenvalue weighted by atomic mass is 32.1. The van der Waals surface area contributed by atoms with Crippen LogP contribution in [0.1, 0.15) is 34.8 Å². The van der Waals surface area contributed by atoms with Gasteiger partial charge in [0.2, 0.25) is 0 Å². The molecule has 0 saturated carbocycles. The van der Waals surface area contributed by atoms with Crippen LogP contribution < -0.4 is 11.3 Å². The van der Waals surface area contributed by atoms with E-state index in [4.69, 9.17) is 5.84 Å². The second kappa shape index (κ2) is 6.13. The van der Waals surface area contributed by atoms with Crippen LogP contribution >= 0.6 is 11.3 Å². The normalized spacial score (nSPS) is 12.8. The number of thiophene rings is 1. The Morgan fingerprint density at radius 2 is 2.28 bits per heavy atom. The van der Waals surface area contributed by atoms with Gasteiger partial charge in [0.25, 0.3) is 0 Å². The summed E-state index contributed by atoms with van der Waals surface area (Å²) in [6.45, 7) is 2.18. The van der Waals surface area contributed by atoms with E-state index in [-0.39, 0.29) is 6.04 Å². The number of aromatic nitrogens is 2. The van der Waals surface area contributed by atoms with Crippen molar-refractivity contribution in [2.75, 3.05) is 0 Å². The van der Waals surface area contributed by atoms with Crippen LogP contribution in [0.25, 0.3) is 0 Å². The van der Waals surface area contributed by atoms with Gasteiger partial charge in [-0.3, -0.25) is 16.0 Å². The fourth-order valence-electron chi connectivity index (χ4n) is 2.02. The number of nitrogens with two attached hydrogens (primary N) is 1. The van der Waals surface area contributed by atoms with Gasteiger partial charge in [0, 0.05) is 28.7 Å². The fraction of sp³-hybridized carbons (Fsp3) is 0.462. The number of nitrogens with one attached hydrogen (secondary N) is 1. The topological polar surface area (TPSA) is 55.9 Å². The van der Waals surface area contributed by atoms with Crippen LogP contribution in [0.5, 0.6) is 0 Å². The van der Waals surface area contributed by atoms with Crippen molar-refractivity contribution in [2.24, 2.45) is 12.9 Å². The quantitative estimate of drug-likeness (QED) is 0.621. The van der Waals surface area contributed by atoms with E-state index in [1.807, 2.05) is 29.3 Å². The molecule has 5 heteroatoms. The number of hydrogen-bond donors (Lipinski definition) is 2. The third-order valence-electron chi connectivity index (χ3n) is 3.19. The van der Waals surface area contributed by atoms with Crippen LogP contribution in [0, 0.1) is 0 Å². The Kier molecular flexibility index (Phi) is 4.52. The second-order valence-corrected chi connectivity index (χ2v) is 5.56. The molecule has 4 nitrogen and oxygen atoms in total. The fourth-order valence-corrected chi connectivity index (χ4v) is 3.07. The summed E-state index contributed by atoms with van der Waals surface area (Å²) in [4.78, 5) is 2.72. The van der Waals surface area contributed by atoms with Gasteiger partial charge in [0.15, 0.2) is 0 Å². The largest absolute Gasteiger partial charge is 0.273 e. The first-order valence-electron chi connectivity index (χ1n) is 6.26. The Morgan fingerprint density at radius 1 is 1.44 bits per heavy atom. The van der Waals surface area contributed by atoms with Crippen molar-refractivity contribution in [3.8, 4) is 0 Å². The summed E-state index contributed by atoms with van der Waals surface area (Å²) in [5, 5.41) is 4.18. The molecule has 1 unspecified atom stereocenters. The first-order valence-corrected chi connectivity index (χ1v) is 7.07. The predicted molar refractivity (Wildman–Crippen MR) is 75.3 cm³/mol. The maximum Gasteiger partial charge on any atom is 0.0557 e. The monoisotopic (exact) mass is 264 g/mol. The van der Waals surface area contributed by atoms with Crippen molar-refractivity contribution in [1.82, 2.24) is 15.2 Å². The van der Waals surface area contributed by atoms with Gasteiger partial charge in [-0.2, -0.15) is 5.10 Å². The Hall–Kier alpha value is -1.17. The summed E-state index contributed by atoms with van der Waals surface area (Å²) in [6.07, 6.45) is 4.88. The molecule has 3 N–H and O–H groups in total. The molecule has 2 aromatic rings. The van der Waals surface area contributed by atoms with Gasteiger partial charge >= 0.3 is 0 Å². The molecule has 0 aromatic carbocycles. The predicted octanol–water partition coefficient (Wildman–Crippen LogP) is 2.18. The third-order valence-corrected chi connectivity index (χ3v) is 4.53. The molecule has 2 aromatic heterocycles. The van der Waals surface area contributed by atoms with E-state index in [0.29, 0.717) is 0 Å². The Labute approximate surface area is 112 Å². The number of hydrazine groups is 1. The molecule has 2 heterocycles. The average Bonchev–Trinajstić information content (AvgIpc) is 3.00. The summed E-state index contributed by atoms with van der Waals surface area (Å²) in [5.41, 5.74) is 4.16. The lowest BCUT2D eigenvalue weighted by Crippen LogP contribution is -2.27. The minimum atomic E-state index is 0.227. The van der Waals surface area contributed by atoms with Gasteiger partial charge < -0.3 is 0 Å². The Morgan fingerprint density at radius 3 is 2.83 bits per heavy atom. The highest BCUT2D eigenvalue weighted by Crippen LogP contribution is 2.26. The Balaban J connectivity index is 1.99. The van der Waals surface area contributed by atoms with E-state index in [1.165, 1.54) is 15.4 Å². The van der Waals surface area contributed by atoms with Gasteiger partial charge in [0.05, 0.1) is 6.04 Å². The first kappa shape index (κ1) is 13.3.